The van der Waals surface area contributed by atoms with Crippen LogP contribution in [0.25, 0.3) is 0 Å². The molecule has 1 aromatic rings. The standard InChI is InChI=1S/C9H9NO5/c11-10(12)15-8-6-13-9(14-8)7-4-2-1-3-5-7/h1-5,8-9H,6H2. The lowest BCUT2D eigenvalue weighted by Gasteiger charge is -2.09. The van der Waals surface area contributed by atoms with Crippen LogP contribution in [0.3, 0.4) is 0 Å². The van der Waals surface area contributed by atoms with E-state index in [0.29, 0.717) is 0 Å². The van der Waals surface area contributed by atoms with E-state index in [9.17, 15) is 10.1 Å². The van der Waals surface area contributed by atoms with Crippen molar-refractivity contribution >= 4 is 0 Å². The Hall–Kier alpha value is -1.66. The molecular weight excluding hydrogens is 202 g/mol. The summed E-state index contributed by atoms with van der Waals surface area (Å²) in [5, 5.41) is 9.16. The molecule has 0 bridgehead atoms. The van der Waals surface area contributed by atoms with Crippen molar-refractivity contribution in [2.24, 2.45) is 0 Å². The molecule has 0 saturated carbocycles. The Balaban J connectivity index is 1.96. The van der Waals surface area contributed by atoms with Crippen molar-refractivity contribution in [1.29, 1.82) is 0 Å². The summed E-state index contributed by atoms with van der Waals surface area (Å²) in [6.45, 7) is 0.0561. The minimum atomic E-state index is -0.940. The molecule has 0 aliphatic carbocycles. The highest BCUT2D eigenvalue weighted by Gasteiger charge is 2.29. The first-order valence-corrected chi connectivity index (χ1v) is 4.39. The third-order valence-electron chi connectivity index (χ3n) is 1.93. The van der Waals surface area contributed by atoms with E-state index in [-0.39, 0.29) is 6.61 Å². The summed E-state index contributed by atoms with van der Waals surface area (Å²) in [5.41, 5.74) is 0.812. The Morgan fingerprint density at radius 2 is 2.13 bits per heavy atom. The molecule has 6 nitrogen and oxygen atoms in total. The third kappa shape index (κ3) is 2.42. The van der Waals surface area contributed by atoms with Gasteiger partial charge in [0.1, 0.15) is 6.61 Å². The van der Waals surface area contributed by atoms with E-state index in [4.69, 9.17) is 9.47 Å². The van der Waals surface area contributed by atoms with Gasteiger partial charge in [-0.15, -0.1) is 10.1 Å². The Morgan fingerprint density at radius 3 is 2.80 bits per heavy atom. The van der Waals surface area contributed by atoms with Crippen LogP contribution in [-0.2, 0) is 14.3 Å². The second-order valence-corrected chi connectivity index (χ2v) is 2.97. The van der Waals surface area contributed by atoms with Gasteiger partial charge in [0.15, 0.2) is 6.29 Å². The highest BCUT2D eigenvalue weighted by Crippen LogP contribution is 2.26. The van der Waals surface area contributed by atoms with Crippen LogP contribution in [0.4, 0.5) is 0 Å². The molecule has 2 unspecified atom stereocenters. The summed E-state index contributed by atoms with van der Waals surface area (Å²) < 4.78 is 10.4. The van der Waals surface area contributed by atoms with Crippen molar-refractivity contribution in [3.8, 4) is 0 Å². The van der Waals surface area contributed by atoms with Crippen LogP contribution >= 0.6 is 0 Å². The van der Waals surface area contributed by atoms with Crippen molar-refractivity contribution in [3.63, 3.8) is 0 Å². The molecule has 6 heteroatoms. The normalized spacial score (nSPS) is 25.1. The zero-order valence-electron chi connectivity index (χ0n) is 7.74. The molecule has 0 spiro atoms. The fourth-order valence-corrected chi connectivity index (χ4v) is 1.32. The topological polar surface area (TPSA) is 70.8 Å². The molecule has 1 aromatic carbocycles. The summed E-state index contributed by atoms with van der Waals surface area (Å²) in [6.07, 6.45) is -1.53. The first-order chi connectivity index (χ1) is 7.25. The van der Waals surface area contributed by atoms with Crippen molar-refractivity contribution in [1.82, 2.24) is 0 Å². The van der Waals surface area contributed by atoms with Gasteiger partial charge in [-0.1, -0.05) is 30.3 Å². The maximum atomic E-state index is 10.0. The van der Waals surface area contributed by atoms with Gasteiger partial charge in [-0.3, -0.25) is 4.84 Å². The molecule has 1 saturated heterocycles. The summed E-state index contributed by atoms with van der Waals surface area (Å²) in [4.78, 5) is 14.3. The lowest BCUT2D eigenvalue weighted by atomic mass is 10.2. The number of rotatable bonds is 3. The molecule has 1 fully saturated rings. The van der Waals surface area contributed by atoms with Crippen LogP contribution in [0.15, 0.2) is 30.3 Å². The molecule has 1 heterocycles. The van der Waals surface area contributed by atoms with E-state index in [1.807, 2.05) is 30.3 Å². The highest BCUT2D eigenvalue weighted by molar-refractivity contribution is 5.16. The van der Waals surface area contributed by atoms with Crippen LogP contribution in [0.1, 0.15) is 11.9 Å². The predicted molar refractivity (Wildman–Crippen MR) is 48.1 cm³/mol. The first-order valence-electron chi connectivity index (χ1n) is 4.39. The van der Waals surface area contributed by atoms with E-state index in [1.165, 1.54) is 0 Å². The summed E-state index contributed by atoms with van der Waals surface area (Å²) in [5.74, 6) is 0. The molecule has 1 aliphatic heterocycles. The van der Waals surface area contributed by atoms with Crippen molar-refractivity contribution in [3.05, 3.63) is 46.0 Å². The Bertz CT molecular complexity index is 342. The Labute approximate surface area is 85.5 Å². The average Bonchev–Trinajstić information content (AvgIpc) is 2.67. The van der Waals surface area contributed by atoms with Crippen LogP contribution in [0.2, 0.25) is 0 Å². The largest absolute Gasteiger partial charge is 0.343 e. The number of hydrogen-bond donors (Lipinski definition) is 0. The minimum absolute atomic E-state index is 0.0561. The quantitative estimate of drug-likeness (QED) is 0.556. The van der Waals surface area contributed by atoms with Crippen LogP contribution in [0, 0.1) is 10.1 Å². The molecule has 0 N–H and O–H groups in total. The fourth-order valence-electron chi connectivity index (χ4n) is 1.32. The third-order valence-corrected chi connectivity index (χ3v) is 1.93. The number of ether oxygens (including phenoxy) is 2. The molecule has 0 amide bonds. The SMILES string of the molecule is O=[N+]([O-])OC1COC(c2ccccc2)O1. The van der Waals surface area contributed by atoms with Crippen LogP contribution in [-0.4, -0.2) is 18.0 Å². The number of nitrogens with zero attached hydrogens (tertiary/aromatic N) is 1. The summed E-state index contributed by atoms with van der Waals surface area (Å²) in [7, 11) is 0. The van der Waals surface area contributed by atoms with Gasteiger partial charge in [0, 0.05) is 5.56 Å². The predicted octanol–water partition coefficient (Wildman–Crippen LogP) is 1.27. The van der Waals surface area contributed by atoms with Gasteiger partial charge in [-0.05, 0) is 0 Å². The Kier molecular flexibility index (Phi) is 2.79. The number of benzene rings is 1. The van der Waals surface area contributed by atoms with Gasteiger partial charge < -0.3 is 9.47 Å². The average molecular weight is 211 g/mol. The first kappa shape index (κ1) is 9.88. The molecule has 0 aromatic heterocycles. The smallest absolute Gasteiger partial charge is 0.297 e. The monoisotopic (exact) mass is 211 g/mol. The molecule has 2 atom stereocenters. The van der Waals surface area contributed by atoms with Crippen molar-refractivity contribution in [2.75, 3.05) is 6.61 Å². The van der Waals surface area contributed by atoms with E-state index in [1.54, 1.807) is 0 Å². The van der Waals surface area contributed by atoms with Gasteiger partial charge in [0.2, 0.25) is 6.29 Å². The maximum Gasteiger partial charge on any atom is 0.297 e. The van der Waals surface area contributed by atoms with Gasteiger partial charge in [-0.25, -0.2) is 0 Å². The molecule has 0 radical (unpaired) electrons. The zero-order chi connectivity index (χ0) is 10.7. The van der Waals surface area contributed by atoms with Crippen molar-refractivity contribution < 1.29 is 19.4 Å². The van der Waals surface area contributed by atoms with Crippen molar-refractivity contribution in [2.45, 2.75) is 12.6 Å². The molecule has 80 valence electrons. The van der Waals surface area contributed by atoms with Gasteiger partial charge >= 0.3 is 0 Å². The van der Waals surface area contributed by atoms with E-state index < -0.39 is 17.7 Å². The van der Waals surface area contributed by atoms with E-state index >= 15 is 0 Å². The Morgan fingerprint density at radius 1 is 1.40 bits per heavy atom. The summed E-state index contributed by atoms with van der Waals surface area (Å²) >= 11 is 0. The molecule has 1 aliphatic rings. The second kappa shape index (κ2) is 4.24. The lowest BCUT2D eigenvalue weighted by molar-refractivity contribution is -0.778. The van der Waals surface area contributed by atoms with Crippen LogP contribution in [0.5, 0.6) is 0 Å². The molecule has 2 rings (SSSR count). The second-order valence-electron chi connectivity index (χ2n) is 2.97. The zero-order valence-corrected chi connectivity index (χ0v) is 7.74. The van der Waals surface area contributed by atoms with Gasteiger partial charge in [-0.2, -0.15) is 0 Å². The fraction of sp³-hybridized carbons (Fsp3) is 0.333. The van der Waals surface area contributed by atoms with Gasteiger partial charge in [0.25, 0.3) is 5.09 Å². The maximum absolute atomic E-state index is 10.0. The minimum Gasteiger partial charge on any atom is -0.343 e. The molecular formula is C9H9NO5. The lowest BCUT2D eigenvalue weighted by Crippen LogP contribution is -2.18. The summed E-state index contributed by atoms with van der Waals surface area (Å²) in [6, 6.07) is 9.18. The number of hydrogen-bond acceptors (Lipinski definition) is 5. The van der Waals surface area contributed by atoms with E-state index in [2.05, 4.69) is 4.84 Å². The van der Waals surface area contributed by atoms with Crippen LogP contribution < -0.4 is 0 Å². The highest BCUT2D eigenvalue weighted by atomic mass is 17.0. The molecule has 15 heavy (non-hydrogen) atoms. The van der Waals surface area contributed by atoms with Gasteiger partial charge in [0.05, 0.1) is 0 Å². The van der Waals surface area contributed by atoms with E-state index in [0.717, 1.165) is 5.56 Å².